The van der Waals surface area contributed by atoms with Gasteiger partial charge in [0.15, 0.2) is 0 Å². The van der Waals surface area contributed by atoms with Crippen LogP contribution in [-0.4, -0.2) is 66.2 Å². The van der Waals surface area contributed by atoms with Crippen molar-refractivity contribution >= 4 is 17.8 Å². The first-order valence-electron chi connectivity index (χ1n) is 11.4. The number of urea groups is 1. The summed E-state index contributed by atoms with van der Waals surface area (Å²) in [6, 6.07) is 10.1. The minimum Gasteiger partial charge on any atom is -0.465 e. The summed E-state index contributed by atoms with van der Waals surface area (Å²) in [6.07, 6.45) is 2.44. The molecule has 2 aromatic rings. The number of benzene rings is 1. The van der Waals surface area contributed by atoms with Gasteiger partial charge in [-0.05, 0) is 32.3 Å². The number of hydrogen-bond acceptors (Lipinski definition) is 6. The van der Waals surface area contributed by atoms with Gasteiger partial charge in [-0.25, -0.2) is 14.8 Å². The molecule has 1 N–H and O–H groups in total. The Hall–Kier alpha value is -3.16. The smallest absolute Gasteiger partial charge is 0.325 e. The van der Waals surface area contributed by atoms with Crippen LogP contribution < -0.4 is 10.2 Å². The van der Waals surface area contributed by atoms with Crippen molar-refractivity contribution in [3.05, 3.63) is 53.0 Å². The first-order chi connectivity index (χ1) is 15.5. The molecule has 0 radical (unpaired) electrons. The summed E-state index contributed by atoms with van der Waals surface area (Å²) in [6.45, 7) is 8.66. The molecule has 2 amide bonds. The number of aromatic nitrogens is 2. The van der Waals surface area contributed by atoms with Gasteiger partial charge in [0.25, 0.3) is 0 Å². The predicted molar refractivity (Wildman–Crippen MR) is 124 cm³/mol. The standard InChI is InChI=1S/C24H33N5O3/c1-4-21-20(16-19-10-7-6-8-11-19)23(27-18(3)26-21)28-12-9-13-29(15-14-28)24(31)25-17-22(30)32-5-2/h6-8,10-11H,4-5,9,12-17H2,1-3H3,(H,25,31). The van der Waals surface area contributed by atoms with Gasteiger partial charge in [-0.1, -0.05) is 37.3 Å². The van der Waals surface area contributed by atoms with Crippen LogP contribution in [0.2, 0.25) is 0 Å². The number of ether oxygens (including phenoxy) is 1. The highest BCUT2D eigenvalue weighted by Crippen LogP contribution is 2.26. The Kier molecular flexibility index (Phi) is 8.41. The second kappa shape index (κ2) is 11.5. The number of amides is 2. The maximum absolute atomic E-state index is 12.5. The molecule has 1 aliphatic heterocycles. The largest absolute Gasteiger partial charge is 0.465 e. The fourth-order valence-electron chi connectivity index (χ4n) is 3.98. The van der Waals surface area contributed by atoms with Crippen molar-refractivity contribution in [2.24, 2.45) is 0 Å². The lowest BCUT2D eigenvalue weighted by Gasteiger charge is -2.26. The molecule has 0 unspecified atom stereocenters. The lowest BCUT2D eigenvalue weighted by Crippen LogP contribution is -2.44. The van der Waals surface area contributed by atoms with Crippen LogP contribution >= 0.6 is 0 Å². The minimum absolute atomic E-state index is 0.112. The van der Waals surface area contributed by atoms with Crippen LogP contribution in [0, 0.1) is 6.92 Å². The zero-order chi connectivity index (χ0) is 22.9. The van der Waals surface area contributed by atoms with E-state index < -0.39 is 5.97 Å². The van der Waals surface area contributed by atoms with E-state index in [0.717, 1.165) is 48.7 Å². The maximum atomic E-state index is 12.5. The van der Waals surface area contributed by atoms with E-state index in [9.17, 15) is 9.59 Å². The average molecular weight is 440 g/mol. The average Bonchev–Trinajstić information content (AvgIpc) is 3.05. The van der Waals surface area contributed by atoms with E-state index in [1.54, 1.807) is 11.8 Å². The molecule has 8 heteroatoms. The van der Waals surface area contributed by atoms with E-state index in [4.69, 9.17) is 14.7 Å². The zero-order valence-corrected chi connectivity index (χ0v) is 19.3. The Morgan fingerprint density at radius 2 is 1.84 bits per heavy atom. The number of aryl methyl sites for hydroxylation is 2. The van der Waals surface area contributed by atoms with E-state index in [1.807, 2.05) is 25.1 Å². The van der Waals surface area contributed by atoms with Gasteiger partial charge in [0.1, 0.15) is 18.2 Å². The van der Waals surface area contributed by atoms with E-state index in [0.29, 0.717) is 26.2 Å². The summed E-state index contributed by atoms with van der Waals surface area (Å²) >= 11 is 0. The molecular weight excluding hydrogens is 406 g/mol. The number of nitrogens with zero attached hydrogens (tertiary/aromatic N) is 4. The quantitative estimate of drug-likeness (QED) is 0.668. The molecule has 1 aromatic carbocycles. The topological polar surface area (TPSA) is 87.7 Å². The van der Waals surface area contributed by atoms with E-state index >= 15 is 0 Å². The first-order valence-corrected chi connectivity index (χ1v) is 11.4. The second-order valence-corrected chi connectivity index (χ2v) is 7.83. The van der Waals surface area contributed by atoms with Gasteiger partial charge in [-0.15, -0.1) is 0 Å². The molecule has 1 fully saturated rings. The normalized spacial score (nSPS) is 14.1. The number of carbonyl (C=O) groups excluding carboxylic acids is 2. The van der Waals surface area contributed by atoms with Crippen molar-refractivity contribution in [2.75, 3.05) is 44.2 Å². The lowest BCUT2D eigenvalue weighted by atomic mass is 10.0. The molecule has 0 atom stereocenters. The second-order valence-electron chi connectivity index (χ2n) is 7.83. The van der Waals surface area contributed by atoms with Gasteiger partial charge in [0.2, 0.25) is 0 Å². The number of esters is 1. The molecule has 172 valence electrons. The number of nitrogens with one attached hydrogen (secondary N) is 1. The Bertz CT molecular complexity index is 919. The monoisotopic (exact) mass is 439 g/mol. The summed E-state index contributed by atoms with van der Waals surface area (Å²) in [5.41, 5.74) is 3.46. The number of hydrogen-bond donors (Lipinski definition) is 1. The highest BCUT2D eigenvalue weighted by Gasteiger charge is 2.23. The summed E-state index contributed by atoms with van der Waals surface area (Å²) in [4.78, 5) is 37.6. The summed E-state index contributed by atoms with van der Waals surface area (Å²) < 4.78 is 4.88. The van der Waals surface area contributed by atoms with Gasteiger partial charge in [0, 0.05) is 43.9 Å². The Balaban J connectivity index is 1.74. The lowest BCUT2D eigenvalue weighted by molar-refractivity contribution is -0.141. The van der Waals surface area contributed by atoms with Crippen LogP contribution in [0.25, 0.3) is 0 Å². The molecule has 1 saturated heterocycles. The third-order valence-electron chi connectivity index (χ3n) is 5.51. The molecule has 0 saturated carbocycles. The van der Waals surface area contributed by atoms with Crippen molar-refractivity contribution in [2.45, 2.75) is 40.0 Å². The fraction of sp³-hybridized carbons (Fsp3) is 0.500. The SMILES string of the molecule is CCOC(=O)CNC(=O)N1CCCN(c2nc(C)nc(CC)c2Cc2ccccc2)CC1. The summed E-state index contributed by atoms with van der Waals surface area (Å²) in [7, 11) is 0. The summed E-state index contributed by atoms with van der Waals surface area (Å²) in [5, 5.41) is 2.66. The van der Waals surface area contributed by atoms with Crippen LogP contribution in [-0.2, 0) is 22.4 Å². The number of rotatable bonds is 7. The third-order valence-corrected chi connectivity index (χ3v) is 5.51. The molecule has 32 heavy (non-hydrogen) atoms. The van der Waals surface area contributed by atoms with Crippen LogP contribution in [0.3, 0.4) is 0 Å². The van der Waals surface area contributed by atoms with Crippen LogP contribution in [0.4, 0.5) is 10.6 Å². The highest BCUT2D eigenvalue weighted by molar-refractivity contribution is 5.80. The van der Waals surface area contributed by atoms with E-state index in [1.165, 1.54) is 5.56 Å². The van der Waals surface area contributed by atoms with Crippen LogP contribution in [0.1, 0.15) is 42.9 Å². The zero-order valence-electron chi connectivity index (χ0n) is 19.3. The molecule has 0 bridgehead atoms. The summed E-state index contributed by atoms with van der Waals surface area (Å²) in [5.74, 6) is 1.31. The Labute approximate surface area is 190 Å². The van der Waals surface area contributed by atoms with Crippen molar-refractivity contribution in [3.63, 3.8) is 0 Å². The molecule has 0 aliphatic carbocycles. The molecule has 0 spiro atoms. The maximum Gasteiger partial charge on any atom is 0.325 e. The fourth-order valence-corrected chi connectivity index (χ4v) is 3.98. The Morgan fingerprint density at radius 1 is 1.06 bits per heavy atom. The van der Waals surface area contributed by atoms with E-state index in [2.05, 4.69) is 29.3 Å². The van der Waals surface area contributed by atoms with Crippen molar-refractivity contribution < 1.29 is 14.3 Å². The molecule has 1 aromatic heterocycles. The van der Waals surface area contributed by atoms with Gasteiger partial charge < -0.3 is 19.9 Å². The van der Waals surface area contributed by atoms with E-state index in [-0.39, 0.29) is 12.6 Å². The van der Waals surface area contributed by atoms with Gasteiger partial charge in [-0.2, -0.15) is 0 Å². The first kappa shape index (κ1) is 23.5. The van der Waals surface area contributed by atoms with Crippen molar-refractivity contribution in [1.82, 2.24) is 20.2 Å². The predicted octanol–water partition coefficient (Wildman–Crippen LogP) is 2.72. The molecule has 8 nitrogen and oxygen atoms in total. The molecule has 3 rings (SSSR count). The van der Waals surface area contributed by atoms with Gasteiger partial charge in [0.05, 0.1) is 6.61 Å². The van der Waals surface area contributed by atoms with Gasteiger partial charge >= 0.3 is 12.0 Å². The minimum atomic E-state index is -0.425. The molecular formula is C24H33N5O3. The van der Waals surface area contributed by atoms with Gasteiger partial charge in [-0.3, -0.25) is 4.79 Å². The molecule has 2 heterocycles. The highest BCUT2D eigenvalue weighted by atomic mass is 16.5. The van der Waals surface area contributed by atoms with Crippen LogP contribution in [0.5, 0.6) is 0 Å². The molecule has 1 aliphatic rings. The number of carbonyl (C=O) groups is 2. The van der Waals surface area contributed by atoms with Crippen LogP contribution in [0.15, 0.2) is 30.3 Å². The van der Waals surface area contributed by atoms with Crippen molar-refractivity contribution in [1.29, 1.82) is 0 Å². The number of anilines is 1. The third kappa shape index (κ3) is 6.18. The Morgan fingerprint density at radius 3 is 2.56 bits per heavy atom. The van der Waals surface area contributed by atoms with Crippen molar-refractivity contribution in [3.8, 4) is 0 Å².